The number of H-pyrrole nitrogens is 1. The number of phosphoric ester groups is 1. The molecule has 11 heteroatoms. The summed E-state index contributed by atoms with van der Waals surface area (Å²) in [5.41, 5.74) is -0.902. The first-order valence-electron chi connectivity index (χ1n) is 6.46. The van der Waals surface area contributed by atoms with Crippen molar-refractivity contribution < 1.29 is 28.7 Å². The fourth-order valence-electron chi connectivity index (χ4n) is 2.29. The van der Waals surface area contributed by atoms with E-state index in [1.165, 1.54) is 13.1 Å². The quantitative estimate of drug-likeness (QED) is 0.564. The van der Waals surface area contributed by atoms with Crippen LogP contribution in [0, 0.1) is 12.8 Å². The van der Waals surface area contributed by atoms with Crippen molar-refractivity contribution in [3.05, 3.63) is 32.6 Å². The molecule has 124 valence electrons. The maximum atomic E-state index is 11.8. The van der Waals surface area contributed by atoms with Crippen LogP contribution in [0.25, 0.3) is 0 Å². The third-order valence-electron chi connectivity index (χ3n) is 3.45. The highest BCUT2D eigenvalue weighted by Crippen LogP contribution is 2.35. The predicted molar refractivity (Wildman–Crippen MR) is 68.7 cm³/mol. The average molecular weight is 334 g/mol. The molecule has 22 heavy (non-hydrogen) atoms. The highest BCUT2D eigenvalue weighted by molar-refractivity contribution is 7.43. The summed E-state index contributed by atoms with van der Waals surface area (Å²) in [7, 11) is -5.15. The van der Waals surface area contributed by atoms with Gasteiger partial charge in [-0.15, -0.1) is 0 Å². The lowest BCUT2D eigenvalue weighted by Gasteiger charge is -2.30. The average Bonchev–Trinajstić information content (AvgIpc) is 2.83. The van der Waals surface area contributed by atoms with Gasteiger partial charge in [-0.2, -0.15) is 0 Å². The second-order valence-corrected chi connectivity index (χ2v) is 6.18. The summed E-state index contributed by atoms with van der Waals surface area (Å²) in [5.74, 6) is -0.504. The summed E-state index contributed by atoms with van der Waals surface area (Å²) >= 11 is 0. The van der Waals surface area contributed by atoms with Crippen LogP contribution in [0.3, 0.4) is 0 Å². The van der Waals surface area contributed by atoms with Crippen LogP contribution in [-0.2, 0) is 13.8 Å². The fourth-order valence-corrected chi connectivity index (χ4v) is 2.62. The zero-order valence-corrected chi connectivity index (χ0v) is 12.5. The molecule has 0 aliphatic carbocycles. The molecule has 0 saturated carbocycles. The van der Waals surface area contributed by atoms with Gasteiger partial charge in [0.05, 0.1) is 20.5 Å². The van der Waals surface area contributed by atoms with E-state index in [4.69, 9.17) is 4.74 Å². The zero-order chi connectivity index (χ0) is 16.5. The van der Waals surface area contributed by atoms with E-state index in [9.17, 15) is 29.0 Å². The Labute approximate surface area is 124 Å². The summed E-state index contributed by atoms with van der Waals surface area (Å²) in [6.07, 6.45) is -0.134. The van der Waals surface area contributed by atoms with Crippen LogP contribution in [0.5, 0.6) is 0 Å². The van der Waals surface area contributed by atoms with Crippen molar-refractivity contribution in [1.82, 2.24) is 9.55 Å². The molecule has 0 unspecified atom stereocenters. The van der Waals surface area contributed by atoms with Crippen molar-refractivity contribution in [3.8, 4) is 0 Å². The molecule has 2 heterocycles. The smallest absolute Gasteiger partial charge is 0.330 e. The molecule has 1 aromatic rings. The molecule has 1 aliphatic heterocycles. The zero-order valence-electron chi connectivity index (χ0n) is 11.6. The predicted octanol–water partition coefficient (Wildman–Crippen LogP) is -2.41. The number of ether oxygens (including phenoxy) is 1. The van der Waals surface area contributed by atoms with E-state index in [0.29, 0.717) is 5.56 Å². The van der Waals surface area contributed by atoms with E-state index in [-0.39, 0.29) is 13.0 Å². The molecular weight excluding hydrogens is 319 g/mol. The standard InChI is InChI=1S/C11H17N2O8P/c1-6-3-13(11(16)12-10(6)15)9-2-7(4-14)8(21-9)5-20-22(17,18)19/h3,7-9,14H,2,4-5H2,1H3,(H,12,15,16)(H2,17,18,19)/p-2/t7-,8-,9-/m1/s1. The number of aromatic nitrogens is 2. The number of aliphatic hydroxyl groups excluding tert-OH is 1. The summed E-state index contributed by atoms with van der Waals surface area (Å²) < 4.78 is 21.3. The number of phosphoric acid groups is 1. The Bertz CT molecular complexity index is 692. The molecule has 1 aliphatic rings. The van der Waals surface area contributed by atoms with E-state index >= 15 is 0 Å². The van der Waals surface area contributed by atoms with Gasteiger partial charge >= 0.3 is 5.69 Å². The molecule has 1 aromatic heterocycles. The summed E-state index contributed by atoms with van der Waals surface area (Å²) in [4.78, 5) is 46.3. The first-order chi connectivity index (χ1) is 10.2. The number of aryl methyl sites for hydroxylation is 1. The maximum Gasteiger partial charge on any atom is 0.330 e. The van der Waals surface area contributed by atoms with Gasteiger partial charge in [-0.1, -0.05) is 0 Å². The highest BCUT2D eigenvalue weighted by atomic mass is 31.2. The molecule has 0 aromatic carbocycles. The van der Waals surface area contributed by atoms with Crippen molar-refractivity contribution in [1.29, 1.82) is 0 Å². The summed E-state index contributed by atoms with van der Waals surface area (Å²) in [5, 5.41) is 9.29. The molecular formula is C11H15N2O8P-2. The molecule has 2 N–H and O–H groups in total. The van der Waals surface area contributed by atoms with Gasteiger partial charge in [0, 0.05) is 30.7 Å². The van der Waals surface area contributed by atoms with Gasteiger partial charge in [0.1, 0.15) is 6.23 Å². The molecule has 2 rings (SSSR count). The lowest BCUT2D eigenvalue weighted by Crippen LogP contribution is -2.33. The second kappa shape index (κ2) is 6.45. The van der Waals surface area contributed by atoms with Gasteiger partial charge in [-0.3, -0.25) is 14.3 Å². The Hall–Kier alpha value is -1.29. The van der Waals surface area contributed by atoms with E-state index in [1.807, 2.05) is 0 Å². The lowest BCUT2D eigenvalue weighted by atomic mass is 10.0. The molecule has 1 fully saturated rings. The first kappa shape index (κ1) is 17.1. The van der Waals surface area contributed by atoms with Crippen molar-refractivity contribution >= 4 is 7.82 Å². The van der Waals surface area contributed by atoms with Crippen LogP contribution in [-0.4, -0.2) is 34.0 Å². The first-order valence-corrected chi connectivity index (χ1v) is 7.92. The second-order valence-electron chi connectivity index (χ2n) is 5.03. The third kappa shape index (κ3) is 3.92. The molecule has 0 spiro atoms. The summed E-state index contributed by atoms with van der Waals surface area (Å²) in [6.45, 7) is 0.645. The SMILES string of the molecule is Cc1cn([C@H]2C[C@H](CO)[C@@H](COP(=O)([O-])[O-])O2)c(=O)[nH]c1=O. The minimum absolute atomic E-state index is 0.206. The van der Waals surface area contributed by atoms with Crippen molar-refractivity contribution in [2.75, 3.05) is 13.2 Å². The van der Waals surface area contributed by atoms with Gasteiger partial charge in [-0.25, -0.2) is 4.79 Å². The van der Waals surface area contributed by atoms with E-state index in [2.05, 4.69) is 9.51 Å². The Balaban J connectivity index is 2.18. The van der Waals surface area contributed by atoms with Gasteiger partial charge in [0.15, 0.2) is 0 Å². The molecule has 3 atom stereocenters. The van der Waals surface area contributed by atoms with Crippen LogP contribution >= 0.6 is 7.82 Å². The number of hydrogen-bond donors (Lipinski definition) is 2. The molecule has 0 amide bonds. The van der Waals surface area contributed by atoms with Crippen LogP contribution < -0.4 is 21.0 Å². The van der Waals surface area contributed by atoms with Crippen LogP contribution in [0.15, 0.2) is 15.8 Å². The van der Waals surface area contributed by atoms with Gasteiger partial charge in [0.25, 0.3) is 5.56 Å². The Morgan fingerprint density at radius 2 is 2.23 bits per heavy atom. The lowest BCUT2D eigenvalue weighted by molar-refractivity contribution is -0.343. The minimum atomic E-state index is -5.15. The van der Waals surface area contributed by atoms with E-state index < -0.39 is 43.9 Å². The van der Waals surface area contributed by atoms with Gasteiger partial charge in [-0.05, 0) is 6.92 Å². The third-order valence-corrected chi connectivity index (χ3v) is 3.91. The minimum Gasteiger partial charge on any atom is -0.790 e. The molecule has 10 nitrogen and oxygen atoms in total. The largest absolute Gasteiger partial charge is 0.790 e. The molecule has 0 bridgehead atoms. The molecule has 0 radical (unpaired) electrons. The van der Waals surface area contributed by atoms with Crippen molar-refractivity contribution in [2.45, 2.75) is 25.7 Å². The van der Waals surface area contributed by atoms with Crippen LogP contribution in [0.1, 0.15) is 18.2 Å². The Kier molecular flexibility index (Phi) is 5.00. The van der Waals surface area contributed by atoms with Gasteiger partial charge < -0.3 is 28.7 Å². The Morgan fingerprint density at radius 3 is 2.82 bits per heavy atom. The van der Waals surface area contributed by atoms with E-state index in [1.54, 1.807) is 0 Å². The van der Waals surface area contributed by atoms with Crippen LogP contribution in [0.2, 0.25) is 0 Å². The molecule has 1 saturated heterocycles. The number of aliphatic hydroxyl groups is 1. The van der Waals surface area contributed by atoms with E-state index in [0.717, 1.165) is 4.57 Å². The van der Waals surface area contributed by atoms with Crippen molar-refractivity contribution in [2.24, 2.45) is 5.92 Å². The van der Waals surface area contributed by atoms with Gasteiger partial charge in [0.2, 0.25) is 0 Å². The number of rotatable bonds is 5. The number of aromatic amines is 1. The number of hydrogen-bond acceptors (Lipinski definition) is 8. The maximum absolute atomic E-state index is 11.8. The number of nitrogens with zero attached hydrogens (tertiary/aromatic N) is 1. The van der Waals surface area contributed by atoms with Crippen molar-refractivity contribution in [3.63, 3.8) is 0 Å². The summed E-state index contributed by atoms with van der Waals surface area (Å²) in [6, 6.07) is 0. The van der Waals surface area contributed by atoms with Crippen LogP contribution in [0.4, 0.5) is 0 Å². The fraction of sp³-hybridized carbons (Fsp3) is 0.636. The Morgan fingerprint density at radius 1 is 1.55 bits per heavy atom. The topological polar surface area (TPSA) is 157 Å². The monoisotopic (exact) mass is 334 g/mol. The normalized spacial score (nSPS) is 25.5. The highest BCUT2D eigenvalue weighted by Gasteiger charge is 2.36. The number of nitrogens with one attached hydrogen (secondary N) is 1.